The second kappa shape index (κ2) is 6.55. The average molecular weight is 238 g/mol. The Morgan fingerprint density at radius 2 is 2.00 bits per heavy atom. The molecule has 1 aromatic carbocycles. The zero-order valence-corrected chi connectivity index (χ0v) is 10.5. The fraction of sp³-hybridized carbons (Fsp3) is 0.417. The Balaban J connectivity index is 2.31. The number of amides is 1. The summed E-state index contributed by atoms with van der Waals surface area (Å²) >= 11 is 1.74. The third kappa shape index (κ3) is 4.68. The molecule has 3 N–H and O–H groups in total. The van der Waals surface area contributed by atoms with E-state index >= 15 is 0 Å². The molecule has 0 fully saturated rings. The molecule has 2 atom stereocenters. The van der Waals surface area contributed by atoms with Crippen molar-refractivity contribution in [2.45, 2.75) is 30.0 Å². The first-order valence-corrected chi connectivity index (χ1v) is 6.22. The van der Waals surface area contributed by atoms with Crippen LogP contribution in [0.15, 0.2) is 35.2 Å². The number of nitrogens with two attached hydrogens (primary N) is 1. The Hall–Kier alpha value is -1.00. The highest BCUT2D eigenvalue weighted by molar-refractivity contribution is 8.00. The molecule has 1 amide bonds. The third-order valence-electron chi connectivity index (χ3n) is 2.06. The Morgan fingerprint density at radius 3 is 2.56 bits per heavy atom. The molecule has 1 rings (SSSR count). The van der Waals surface area contributed by atoms with Crippen molar-refractivity contribution in [2.24, 2.45) is 5.73 Å². The van der Waals surface area contributed by atoms with Crippen LogP contribution < -0.4 is 11.1 Å². The smallest absolute Gasteiger partial charge is 0.236 e. The molecular formula is C12H18N2OS. The summed E-state index contributed by atoms with van der Waals surface area (Å²) < 4.78 is 0. The fourth-order valence-corrected chi connectivity index (χ4v) is 2.12. The summed E-state index contributed by atoms with van der Waals surface area (Å²) in [5, 5.41) is 3.16. The van der Waals surface area contributed by atoms with Gasteiger partial charge >= 0.3 is 0 Å². The van der Waals surface area contributed by atoms with Crippen molar-refractivity contribution in [3.05, 3.63) is 30.3 Å². The Labute approximate surface area is 101 Å². The van der Waals surface area contributed by atoms with Gasteiger partial charge in [0.15, 0.2) is 0 Å². The Bertz CT molecular complexity index is 327. The van der Waals surface area contributed by atoms with E-state index in [-0.39, 0.29) is 5.91 Å². The molecule has 0 heterocycles. The number of carbonyl (C=O) groups is 1. The summed E-state index contributed by atoms with van der Waals surface area (Å²) in [6.07, 6.45) is 0. The molecular weight excluding hydrogens is 220 g/mol. The van der Waals surface area contributed by atoms with Crippen molar-refractivity contribution in [3.63, 3.8) is 0 Å². The third-order valence-corrected chi connectivity index (χ3v) is 3.17. The summed E-state index contributed by atoms with van der Waals surface area (Å²) in [5.41, 5.74) is 5.46. The molecule has 0 aliphatic carbocycles. The monoisotopic (exact) mass is 238 g/mol. The van der Waals surface area contributed by atoms with Crippen LogP contribution in [0.4, 0.5) is 0 Å². The Morgan fingerprint density at radius 1 is 1.38 bits per heavy atom. The SMILES string of the molecule is CC(CNC(=O)[C@@H](C)N)Sc1ccccc1. The molecule has 0 saturated heterocycles. The zero-order chi connectivity index (χ0) is 12.0. The maximum absolute atomic E-state index is 11.3. The topological polar surface area (TPSA) is 55.1 Å². The highest BCUT2D eigenvalue weighted by Gasteiger charge is 2.09. The molecule has 16 heavy (non-hydrogen) atoms. The van der Waals surface area contributed by atoms with Crippen molar-refractivity contribution in [1.82, 2.24) is 5.32 Å². The predicted octanol–water partition coefficient (Wildman–Crippen LogP) is 1.63. The van der Waals surface area contributed by atoms with Crippen LogP contribution in [-0.4, -0.2) is 23.7 Å². The van der Waals surface area contributed by atoms with Gasteiger partial charge in [-0.15, -0.1) is 11.8 Å². The minimum atomic E-state index is -0.436. The van der Waals surface area contributed by atoms with E-state index in [1.165, 1.54) is 4.90 Å². The van der Waals surface area contributed by atoms with E-state index in [1.54, 1.807) is 18.7 Å². The second-order valence-corrected chi connectivity index (χ2v) is 5.29. The lowest BCUT2D eigenvalue weighted by atomic mass is 10.3. The molecule has 0 bridgehead atoms. The summed E-state index contributed by atoms with van der Waals surface area (Å²) in [5.74, 6) is -0.0967. The van der Waals surface area contributed by atoms with E-state index < -0.39 is 6.04 Å². The molecule has 0 spiro atoms. The summed E-state index contributed by atoms with van der Waals surface area (Å²) in [6.45, 7) is 4.41. The molecule has 88 valence electrons. The van der Waals surface area contributed by atoms with Gasteiger partial charge in [-0.2, -0.15) is 0 Å². The first-order valence-electron chi connectivity index (χ1n) is 5.34. The molecule has 0 aromatic heterocycles. The number of benzene rings is 1. The highest BCUT2D eigenvalue weighted by atomic mass is 32.2. The van der Waals surface area contributed by atoms with Crippen LogP contribution in [0.2, 0.25) is 0 Å². The predicted molar refractivity (Wildman–Crippen MR) is 68.4 cm³/mol. The lowest BCUT2D eigenvalue weighted by molar-refractivity contribution is -0.121. The maximum atomic E-state index is 11.3. The summed E-state index contributed by atoms with van der Waals surface area (Å²) in [6, 6.07) is 9.70. The van der Waals surface area contributed by atoms with Gasteiger partial charge in [-0.3, -0.25) is 4.79 Å². The number of hydrogen-bond donors (Lipinski definition) is 2. The van der Waals surface area contributed by atoms with Gasteiger partial charge in [-0.1, -0.05) is 25.1 Å². The largest absolute Gasteiger partial charge is 0.354 e. The van der Waals surface area contributed by atoms with Gasteiger partial charge < -0.3 is 11.1 Å². The number of hydrogen-bond acceptors (Lipinski definition) is 3. The average Bonchev–Trinajstić information content (AvgIpc) is 2.27. The molecule has 0 aliphatic rings. The zero-order valence-electron chi connectivity index (χ0n) is 9.64. The van der Waals surface area contributed by atoms with Crippen LogP contribution in [0.3, 0.4) is 0 Å². The standard InChI is InChI=1S/C12H18N2OS/c1-9(8-14-12(15)10(2)13)16-11-6-4-3-5-7-11/h3-7,9-10H,8,13H2,1-2H3,(H,14,15)/t9?,10-/m1/s1. The van der Waals surface area contributed by atoms with Gasteiger partial charge in [0.05, 0.1) is 6.04 Å². The molecule has 0 aliphatic heterocycles. The van der Waals surface area contributed by atoms with Crippen LogP contribution >= 0.6 is 11.8 Å². The molecule has 1 unspecified atom stereocenters. The minimum Gasteiger partial charge on any atom is -0.354 e. The molecule has 0 radical (unpaired) electrons. The van der Waals surface area contributed by atoms with Crippen molar-refractivity contribution < 1.29 is 4.79 Å². The van der Waals surface area contributed by atoms with Gasteiger partial charge in [0.25, 0.3) is 0 Å². The van der Waals surface area contributed by atoms with Crippen LogP contribution in [0.25, 0.3) is 0 Å². The molecule has 1 aromatic rings. The highest BCUT2D eigenvalue weighted by Crippen LogP contribution is 2.21. The second-order valence-electron chi connectivity index (χ2n) is 3.78. The van der Waals surface area contributed by atoms with Crippen molar-refractivity contribution in [1.29, 1.82) is 0 Å². The first kappa shape index (κ1) is 13.1. The van der Waals surface area contributed by atoms with Crippen molar-refractivity contribution >= 4 is 17.7 Å². The van der Waals surface area contributed by atoms with Crippen LogP contribution in [0, 0.1) is 0 Å². The normalized spacial score (nSPS) is 14.2. The van der Waals surface area contributed by atoms with Gasteiger partial charge in [0.2, 0.25) is 5.91 Å². The van der Waals surface area contributed by atoms with Gasteiger partial charge in [-0.05, 0) is 19.1 Å². The first-order chi connectivity index (χ1) is 7.59. The number of nitrogens with one attached hydrogen (secondary N) is 1. The number of thioether (sulfide) groups is 1. The lowest BCUT2D eigenvalue weighted by Crippen LogP contribution is -2.40. The fourth-order valence-electron chi connectivity index (χ4n) is 1.18. The van der Waals surface area contributed by atoms with E-state index in [0.29, 0.717) is 11.8 Å². The molecule has 0 saturated carbocycles. The summed E-state index contributed by atoms with van der Waals surface area (Å²) in [7, 11) is 0. The van der Waals surface area contributed by atoms with Crippen LogP contribution in [0.1, 0.15) is 13.8 Å². The van der Waals surface area contributed by atoms with E-state index in [4.69, 9.17) is 5.73 Å². The van der Waals surface area contributed by atoms with E-state index in [1.807, 2.05) is 18.2 Å². The van der Waals surface area contributed by atoms with Crippen LogP contribution in [0.5, 0.6) is 0 Å². The Kier molecular flexibility index (Phi) is 5.35. The lowest BCUT2D eigenvalue weighted by Gasteiger charge is -2.13. The van der Waals surface area contributed by atoms with E-state index in [0.717, 1.165) is 0 Å². The van der Waals surface area contributed by atoms with Gasteiger partial charge in [0, 0.05) is 16.7 Å². The number of carbonyl (C=O) groups excluding carboxylic acids is 1. The molecule has 4 heteroatoms. The number of rotatable bonds is 5. The minimum absolute atomic E-state index is 0.0967. The van der Waals surface area contributed by atoms with E-state index in [2.05, 4.69) is 24.4 Å². The molecule has 3 nitrogen and oxygen atoms in total. The van der Waals surface area contributed by atoms with Gasteiger partial charge in [0.1, 0.15) is 0 Å². The van der Waals surface area contributed by atoms with Crippen molar-refractivity contribution in [2.75, 3.05) is 6.54 Å². The van der Waals surface area contributed by atoms with Gasteiger partial charge in [-0.25, -0.2) is 0 Å². The van der Waals surface area contributed by atoms with Crippen LogP contribution in [-0.2, 0) is 4.79 Å². The van der Waals surface area contributed by atoms with E-state index in [9.17, 15) is 4.79 Å². The maximum Gasteiger partial charge on any atom is 0.236 e. The summed E-state index contributed by atoms with van der Waals surface area (Å²) in [4.78, 5) is 12.5. The quantitative estimate of drug-likeness (QED) is 0.767. The van der Waals surface area contributed by atoms with Crippen molar-refractivity contribution in [3.8, 4) is 0 Å².